The number of hydrogen-bond donors (Lipinski definition) is 2. The maximum absolute atomic E-state index is 12.0. The molecule has 0 aliphatic carbocycles. The van der Waals surface area contributed by atoms with E-state index in [4.69, 9.17) is 10.5 Å². The third-order valence-electron chi connectivity index (χ3n) is 3.22. The lowest BCUT2D eigenvalue weighted by atomic mass is 10.2. The van der Waals surface area contributed by atoms with Gasteiger partial charge in [0.1, 0.15) is 5.60 Å². The summed E-state index contributed by atoms with van der Waals surface area (Å²) in [6.45, 7) is 8.04. The van der Waals surface area contributed by atoms with Crippen LogP contribution in [0.5, 0.6) is 0 Å². The summed E-state index contributed by atoms with van der Waals surface area (Å²) in [6.07, 6.45) is 0.372. The smallest absolute Gasteiger partial charge is 0.410 e. The second-order valence-electron chi connectivity index (χ2n) is 6.49. The van der Waals surface area contributed by atoms with Gasteiger partial charge in [-0.15, -0.1) is 24.0 Å². The average Bonchev–Trinajstić information content (AvgIpc) is 2.45. The summed E-state index contributed by atoms with van der Waals surface area (Å²) >= 11 is 0. The highest BCUT2D eigenvalue weighted by atomic mass is 127. The molecule has 0 bridgehead atoms. The van der Waals surface area contributed by atoms with Crippen LogP contribution < -0.4 is 11.1 Å². The SMILES string of the molecule is CC(CCN=C(N)Nc1ccccc1)N(C)C(=O)OC(C)(C)C.I. The highest BCUT2D eigenvalue weighted by Gasteiger charge is 2.22. The van der Waals surface area contributed by atoms with Crippen LogP contribution in [-0.2, 0) is 4.74 Å². The number of aliphatic imine (C=N–C) groups is 1. The lowest BCUT2D eigenvalue weighted by Gasteiger charge is -2.28. The third-order valence-corrected chi connectivity index (χ3v) is 3.22. The van der Waals surface area contributed by atoms with Crippen molar-refractivity contribution in [2.24, 2.45) is 10.7 Å². The monoisotopic (exact) mass is 448 g/mol. The highest BCUT2D eigenvalue weighted by Crippen LogP contribution is 2.12. The van der Waals surface area contributed by atoms with Gasteiger partial charge >= 0.3 is 6.09 Å². The Morgan fingerprint density at radius 1 is 1.33 bits per heavy atom. The fraction of sp³-hybridized carbons (Fsp3) is 0.529. The predicted molar refractivity (Wildman–Crippen MR) is 110 cm³/mol. The Bertz CT molecular complexity index is 529. The van der Waals surface area contributed by atoms with E-state index in [1.807, 2.05) is 58.0 Å². The number of rotatable bonds is 5. The van der Waals surface area contributed by atoms with E-state index in [1.54, 1.807) is 11.9 Å². The first-order chi connectivity index (χ1) is 10.7. The maximum Gasteiger partial charge on any atom is 0.410 e. The zero-order chi connectivity index (χ0) is 17.5. The molecule has 136 valence electrons. The molecule has 1 aromatic carbocycles. The number of amides is 1. The molecule has 1 amide bonds. The van der Waals surface area contributed by atoms with Crippen molar-refractivity contribution in [3.05, 3.63) is 30.3 Å². The standard InChI is InChI=1S/C17H28N4O2.HI/c1-13(21(5)16(22)23-17(2,3)4)11-12-19-15(18)20-14-9-7-6-8-10-14;/h6-10,13H,11-12H2,1-5H3,(H3,18,19,20);1H. The minimum Gasteiger partial charge on any atom is -0.444 e. The molecule has 1 aromatic rings. The zero-order valence-corrected chi connectivity index (χ0v) is 17.4. The Kier molecular flexibility index (Phi) is 9.72. The van der Waals surface area contributed by atoms with Gasteiger partial charge in [-0.3, -0.25) is 4.99 Å². The molecule has 0 spiro atoms. The molecule has 0 saturated heterocycles. The van der Waals surface area contributed by atoms with Crippen molar-refractivity contribution in [2.45, 2.75) is 45.8 Å². The molecule has 7 heteroatoms. The minimum absolute atomic E-state index is 0. The predicted octanol–water partition coefficient (Wildman–Crippen LogP) is 3.68. The van der Waals surface area contributed by atoms with E-state index in [0.29, 0.717) is 18.9 Å². The van der Waals surface area contributed by atoms with Gasteiger partial charge in [0.05, 0.1) is 0 Å². The number of hydrogen-bond acceptors (Lipinski definition) is 3. The van der Waals surface area contributed by atoms with Crippen molar-refractivity contribution in [3.8, 4) is 0 Å². The molecule has 1 atom stereocenters. The normalized spacial score (nSPS) is 12.8. The van der Waals surface area contributed by atoms with E-state index < -0.39 is 5.60 Å². The third kappa shape index (κ3) is 8.95. The van der Waals surface area contributed by atoms with Crippen molar-refractivity contribution < 1.29 is 9.53 Å². The van der Waals surface area contributed by atoms with Gasteiger partial charge in [0.25, 0.3) is 0 Å². The molecule has 0 aromatic heterocycles. The van der Waals surface area contributed by atoms with Crippen molar-refractivity contribution in [3.63, 3.8) is 0 Å². The van der Waals surface area contributed by atoms with Crippen molar-refractivity contribution in [2.75, 3.05) is 18.9 Å². The number of nitrogens with two attached hydrogens (primary N) is 1. The first kappa shape index (κ1) is 22.5. The summed E-state index contributed by atoms with van der Waals surface area (Å²) in [5.41, 5.74) is 6.25. The highest BCUT2D eigenvalue weighted by molar-refractivity contribution is 14.0. The van der Waals surface area contributed by atoms with Gasteiger partial charge in [-0.1, -0.05) is 18.2 Å². The van der Waals surface area contributed by atoms with Crippen molar-refractivity contribution in [1.82, 2.24) is 4.90 Å². The second kappa shape index (κ2) is 10.4. The van der Waals surface area contributed by atoms with Crippen LogP contribution in [0.2, 0.25) is 0 Å². The number of nitrogens with zero attached hydrogens (tertiary/aromatic N) is 2. The van der Waals surface area contributed by atoms with Gasteiger partial charge in [0, 0.05) is 25.3 Å². The molecule has 6 nitrogen and oxygen atoms in total. The van der Waals surface area contributed by atoms with E-state index in [2.05, 4.69) is 10.3 Å². The van der Waals surface area contributed by atoms with Gasteiger partial charge in [0.2, 0.25) is 0 Å². The van der Waals surface area contributed by atoms with E-state index in [1.165, 1.54) is 0 Å². The molecule has 0 fully saturated rings. The quantitative estimate of drug-likeness (QED) is 0.409. The van der Waals surface area contributed by atoms with Gasteiger partial charge in [-0.25, -0.2) is 4.79 Å². The van der Waals surface area contributed by atoms with Crippen LogP contribution in [0.1, 0.15) is 34.1 Å². The van der Waals surface area contributed by atoms with Crippen molar-refractivity contribution in [1.29, 1.82) is 0 Å². The lowest BCUT2D eigenvalue weighted by Crippen LogP contribution is -2.39. The number of ether oxygens (including phenoxy) is 1. The Labute approximate surface area is 161 Å². The fourth-order valence-electron chi connectivity index (χ4n) is 1.79. The molecule has 24 heavy (non-hydrogen) atoms. The topological polar surface area (TPSA) is 80.0 Å². The largest absolute Gasteiger partial charge is 0.444 e. The maximum atomic E-state index is 12.0. The number of carbonyl (C=O) groups excluding carboxylic acids is 1. The van der Waals surface area contributed by atoms with Crippen LogP contribution >= 0.6 is 24.0 Å². The number of nitrogens with one attached hydrogen (secondary N) is 1. The molecule has 0 aliphatic rings. The molecule has 0 aliphatic heterocycles. The van der Waals surface area contributed by atoms with Gasteiger partial charge < -0.3 is 20.7 Å². The lowest BCUT2D eigenvalue weighted by molar-refractivity contribution is 0.0231. The molecule has 0 heterocycles. The van der Waals surface area contributed by atoms with Gasteiger partial charge in [0.15, 0.2) is 5.96 Å². The summed E-state index contributed by atoms with van der Waals surface area (Å²) in [5, 5.41) is 3.02. The van der Waals surface area contributed by atoms with Crippen LogP contribution in [0.4, 0.5) is 10.5 Å². The Balaban J connectivity index is 0.00000529. The first-order valence-corrected chi connectivity index (χ1v) is 7.77. The molecule has 1 rings (SSSR count). The van der Waals surface area contributed by atoms with E-state index in [0.717, 1.165) is 5.69 Å². The fourth-order valence-corrected chi connectivity index (χ4v) is 1.79. The minimum atomic E-state index is -0.493. The summed E-state index contributed by atoms with van der Waals surface area (Å²) in [6, 6.07) is 9.63. The number of para-hydroxylation sites is 1. The second-order valence-corrected chi connectivity index (χ2v) is 6.49. The Hall–Kier alpha value is -1.51. The van der Waals surface area contributed by atoms with Crippen LogP contribution in [0.15, 0.2) is 35.3 Å². The molecule has 1 unspecified atom stereocenters. The Morgan fingerprint density at radius 2 is 1.92 bits per heavy atom. The average molecular weight is 448 g/mol. The number of guanidine groups is 1. The van der Waals surface area contributed by atoms with Crippen LogP contribution in [0.3, 0.4) is 0 Å². The van der Waals surface area contributed by atoms with E-state index >= 15 is 0 Å². The summed E-state index contributed by atoms with van der Waals surface area (Å²) < 4.78 is 5.34. The first-order valence-electron chi connectivity index (χ1n) is 7.77. The number of anilines is 1. The summed E-state index contributed by atoms with van der Waals surface area (Å²) in [7, 11) is 1.73. The number of benzene rings is 1. The van der Waals surface area contributed by atoms with E-state index in [9.17, 15) is 4.79 Å². The molecule has 0 saturated carbocycles. The van der Waals surface area contributed by atoms with Crippen molar-refractivity contribution >= 4 is 41.7 Å². The summed E-state index contributed by atoms with van der Waals surface area (Å²) in [4.78, 5) is 17.8. The number of carbonyl (C=O) groups is 1. The summed E-state index contributed by atoms with van der Waals surface area (Å²) in [5.74, 6) is 0.364. The zero-order valence-electron chi connectivity index (χ0n) is 15.1. The Morgan fingerprint density at radius 3 is 2.46 bits per heavy atom. The molecular formula is C17H29IN4O2. The molecular weight excluding hydrogens is 419 g/mol. The van der Waals surface area contributed by atoms with E-state index in [-0.39, 0.29) is 36.1 Å². The van der Waals surface area contributed by atoms with Gasteiger partial charge in [-0.2, -0.15) is 0 Å². The molecule has 3 N–H and O–H groups in total. The van der Waals surface area contributed by atoms with Crippen LogP contribution in [0.25, 0.3) is 0 Å². The van der Waals surface area contributed by atoms with Gasteiger partial charge in [-0.05, 0) is 46.2 Å². The van der Waals surface area contributed by atoms with Crippen LogP contribution in [-0.4, -0.2) is 42.2 Å². The number of halogens is 1. The van der Waals surface area contributed by atoms with Crippen LogP contribution in [0, 0.1) is 0 Å². The molecule has 0 radical (unpaired) electrons.